The highest BCUT2D eigenvalue weighted by Gasteiger charge is 2.17. The summed E-state index contributed by atoms with van der Waals surface area (Å²) in [5.41, 5.74) is 2.74. The Morgan fingerprint density at radius 3 is 1.39 bits per heavy atom. The van der Waals surface area contributed by atoms with Crippen molar-refractivity contribution in [3.05, 3.63) is 71.8 Å². The van der Waals surface area contributed by atoms with Crippen molar-refractivity contribution in [2.45, 2.75) is 6.92 Å². The number of rotatable bonds is 4. The topological polar surface area (TPSA) is 47.7 Å². The fraction of sp³-hybridized carbons (Fsp3) is 0.125. The zero-order valence-corrected chi connectivity index (χ0v) is 10.4. The van der Waals surface area contributed by atoms with Crippen molar-refractivity contribution in [1.29, 1.82) is 10.8 Å². The smallest absolute Gasteiger partial charge is 0.0473 e. The molecule has 2 heteroatoms. The molecule has 0 aliphatic heterocycles. The molecule has 2 N–H and O–H groups in total. The van der Waals surface area contributed by atoms with Gasteiger partial charge in [-0.25, -0.2) is 0 Å². The largest absolute Gasteiger partial charge is 0.304 e. The molecule has 0 atom stereocenters. The van der Waals surface area contributed by atoms with Crippen molar-refractivity contribution in [2.24, 2.45) is 5.92 Å². The van der Waals surface area contributed by atoms with Gasteiger partial charge in [0.15, 0.2) is 0 Å². The van der Waals surface area contributed by atoms with Crippen LogP contribution < -0.4 is 0 Å². The van der Waals surface area contributed by atoms with Crippen LogP contribution >= 0.6 is 0 Å². The summed E-state index contributed by atoms with van der Waals surface area (Å²) in [4.78, 5) is 0. The fourth-order valence-electron chi connectivity index (χ4n) is 1.88. The van der Waals surface area contributed by atoms with Crippen LogP contribution in [-0.2, 0) is 0 Å². The van der Waals surface area contributed by atoms with Gasteiger partial charge in [0.2, 0.25) is 0 Å². The summed E-state index contributed by atoms with van der Waals surface area (Å²) in [6.45, 7) is 1.91. The van der Waals surface area contributed by atoms with E-state index in [-0.39, 0.29) is 5.92 Å². The van der Waals surface area contributed by atoms with Gasteiger partial charge in [0, 0.05) is 17.3 Å². The molecule has 0 radical (unpaired) electrons. The van der Waals surface area contributed by atoms with Gasteiger partial charge in [-0.1, -0.05) is 67.6 Å². The third-order valence-electron chi connectivity index (χ3n) is 3.04. The van der Waals surface area contributed by atoms with E-state index in [1.54, 1.807) is 0 Å². The molecule has 0 heterocycles. The third-order valence-corrected chi connectivity index (χ3v) is 3.04. The van der Waals surface area contributed by atoms with Gasteiger partial charge in [-0.05, 0) is 11.1 Å². The van der Waals surface area contributed by atoms with Crippen LogP contribution in [0, 0.1) is 16.7 Å². The Labute approximate surface area is 107 Å². The molecule has 2 rings (SSSR count). The molecular weight excluding hydrogens is 220 g/mol. The molecule has 2 aromatic carbocycles. The number of hydrogen-bond donors (Lipinski definition) is 2. The molecule has 0 spiro atoms. The van der Waals surface area contributed by atoms with E-state index in [2.05, 4.69) is 0 Å². The standard InChI is InChI=1S/C16H16N2/c1-12(15(17)13-8-4-2-5-9-13)16(18)14-10-6-3-7-11-14/h2-12,17-18H,1H3. The average Bonchev–Trinajstić information content (AvgIpc) is 2.47. The van der Waals surface area contributed by atoms with Crippen LogP contribution in [0.1, 0.15) is 18.1 Å². The number of hydrogen-bond acceptors (Lipinski definition) is 2. The van der Waals surface area contributed by atoms with Crippen molar-refractivity contribution < 1.29 is 0 Å². The zero-order valence-electron chi connectivity index (χ0n) is 10.4. The molecule has 0 unspecified atom stereocenters. The first kappa shape index (κ1) is 12.2. The van der Waals surface area contributed by atoms with Crippen LogP contribution in [0.4, 0.5) is 0 Å². The fourth-order valence-corrected chi connectivity index (χ4v) is 1.88. The highest BCUT2D eigenvalue weighted by atomic mass is 14.5. The van der Waals surface area contributed by atoms with Gasteiger partial charge in [-0.3, -0.25) is 0 Å². The van der Waals surface area contributed by atoms with Crippen LogP contribution in [0.15, 0.2) is 60.7 Å². The lowest BCUT2D eigenvalue weighted by molar-refractivity contribution is 1.03. The average molecular weight is 236 g/mol. The minimum Gasteiger partial charge on any atom is -0.304 e. The Morgan fingerprint density at radius 2 is 1.06 bits per heavy atom. The van der Waals surface area contributed by atoms with E-state index < -0.39 is 0 Å². The number of nitrogens with one attached hydrogen (secondary N) is 2. The van der Waals surface area contributed by atoms with Gasteiger partial charge in [-0.2, -0.15) is 0 Å². The molecular formula is C16H16N2. The Morgan fingerprint density at radius 1 is 0.722 bits per heavy atom. The first-order chi connectivity index (χ1) is 8.70. The molecule has 0 aromatic heterocycles. The van der Waals surface area contributed by atoms with Crippen LogP contribution in [0.2, 0.25) is 0 Å². The molecule has 0 aliphatic carbocycles. The molecule has 0 bridgehead atoms. The second-order valence-electron chi connectivity index (χ2n) is 4.28. The molecule has 0 saturated heterocycles. The lowest BCUT2D eigenvalue weighted by Gasteiger charge is -2.15. The van der Waals surface area contributed by atoms with Gasteiger partial charge in [0.1, 0.15) is 0 Å². The normalized spacial score (nSPS) is 11.8. The van der Waals surface area contributed by atoms with E-state index >= 15 is 0 Å². The third kappa shape index (κ3) is 2.54. The minimum absolute atomic E-state index is 0.199. The van der Waals surface area contributed by atoms with E-state index in [9.17, 15) is 0 Å². The Kier molecular flexibility index (Phi) is 3.68. The van der Waals surface area contributed by atoms with Crippen molar-refractivity contribution in [3.63, 3.8) is 0 Å². The molecule has 2 aromatic rings. The van der Waals surface area contributed by atoms with E-state index in [4.69, 9.17) is 10.8 Å². The molecule has 0 amide bonds. The summed E-state index contributed by atoms with van der Waals surface area (Å²) in [7, 11) is 0. The highest BCUT2D eigenvalue weighted by Crippen LogP contribution is 2.14. The lowest BCUT2D eigenvalue weighted by Crippen LogP contribution is -2.21. The Hall–Kier alpha value is -2.22. The van der Waals surface area contributed by atoms with Gasteiger partial charge in [0.05, 0.1) is 0 Å². The second-order valence-corrected chi connectivity index (χ2v) is 4.28. The zero-order chi connectivity index (χ0) is 13.0. The molecule has 0 aliphatic rings. The summed E-state index contributed by atoms with van der Waals surface area (Å²) >= 11 is 0. The van der Waals surface area contributed by atoms with Crippen molar-refractivity contribution in [3.8, 4) is 0 Å². The first-order valence-corrected chi connectivity index (χ1v) is 5.98. The van der Waals surface area contributed by atoms with Crippen LogP contribution in [0.3, 0.4) is 0 Å². The second kappa shape index (κ2) is 5.41. The predicted octanol–water partition coefficient (Wildman–Crippen LogP) is 3.76. The van der Waals surface area contributed by atoms with Gasteiger partial charge in [0.25, 0.3) is 0 Å². The molecule has 18 heavy (non-hydrogen) atoms. The van der Waals surface area contributed by atoms with Gasteiger partial charge in [-0.15, -0.1) is 0 Å². The van der Waals surface area contributed by atoms with E-state index in [0.29, 0.717) is 11.4 Å². The van der Waals surface area contributed by atoms with Crippen molar-refractivity contribution in [1.82, 2.24) is 0 Å². The summed E-state index contributed by atoms with van der Waals surface area (Å²) in [5.74, 6) is -0.199. The molecule has 0 fully saturated rings. The Bertz CT molecular complexity index is 492. The van der Waals surface area contributed by atoms with Crippen molar-refractivity contribution in [2.75, 3.05) is 0 Å². The van der Waals surface area contributed by atoms with Crippen LogP contribution in [-0.4, -0.2) is 11.4 Å². The minimum atomic E-state index is -0.199. The van der Waals surface area contributed by atoms with Gasteiger partial charge >= 0.3 is 0 Å². The summed E-state index contributed by atoms with van der Waals surface area (Å²) < 4.78 is 0. The van der Waals surface area contributed by atoms with E-state index in [1.807, 2.05) is 67.6 Å². The maximum absolute atomic E-state index is 8.17. The summed E-state index contributed by atoms with van der Waals surface area (Å²) in [6, 6.07) is 19.2. The van der Waals surface area contributed by atoms with Crippen LogP contribution in [0.5, 0.6) is 0 Å². The van der Waals surface area contributed by atoms with Crippen molar-refractivity contribution >= 4 is 11.4 Å². The molecule has 0 saturated carbocycles. The quantitative estimate of drug-likeness (QED) is 0.759. The predicted molar refractivity (Wildman–Crippen MR) is 75.7 cm³/mol. The van der Waals surface area contributed by atoms with E-state index in [1.165, 1.54) is 0 Å². The summed E-state index contributed by atoms with van der Waals surface area (Å²) in [6.07, 6.45) is 0. The first-order valence-electron chi connectivity index (χ1n) is 5.98. The maximum Gasteiger partial charge on any atom is 0.0473 e. The number of benzene rings is 2. The van der Waals surface area contributed by atoms with E-state index in [0.717, 1.165) is 11.1 Å². The SMILES string of the molecule is CC(C(=N)c1ccccc1)C(=N)c1ccccc1. The Balaban J connectivity index is 2.20. The molecule has 2 nitrogen and oxygen atoms in total. The lowest BCUT2D eigenvalue weighted by atomic mass is 9.90. The van der Waals surface area contributed by atoms with Crippen LogP contribution in [0.25, 0.3) is 0 Å². The monoisotopic (exact) mass is 236 g/mol. The maximum atomic E-state index is 8.17. The highest BCUT2D eigenvalue weighted by molar-refractivity contribution is 6.17. The summed E-state index contributed by atoms with van der Waals surface area (Å²) in [5, 5.41) is 16.3. The van der Waals surface area contributed by atoms with Gasteiger partial charge < -0.3 is 10.8 Å². The molecule has 90 valence electrons.